The number of hydrogen-bond donors (Lipinski definition) is 2. The van der Waals surface area contributed by atoms with Gasteiger partial charge in [-0.3, -0.25) is 0 Å². The van der Waals surface area contributed by atoms with Gasteiger partial charge in [-0.2, -0.15) is 0 Å². The second-order valence-corrected chi connectivity index (χ2v) is 3.46. The van der Waals surface area contributed by atoms with Crippen molar-refractivity contribution in [2.24, 2.45) is 0 Å². The van der Waals surface area contributed by atoms with Crippen molar-refractivity contribution < 1.29 is 0 Å². The van der Waals surface area contributed by atoms with Crippen LogP contribution in [0.3, 0.4) is 0 Å². The van der Waals surface area contributed by atoms with Crippen LogP contribution < -0.4 is 5.32 Å². The minimum absolute atomic E-state index is 0.602. The highest BCUT2D eigenvalue weighted by Crippen LogP contribution is 2.24. The van der Waals surface area contributed by atoms with Crippen LogP contribution in [0.1, 0.15) is 37.1 Å². The lowest BCUT2D eigenvalue weighted by Crippen LogP contribution is -2.29. The van der Waals surface area contributed by atoms with Crippen LogP contribution in [-0.4, -0.2) is 11.5 Å². The summed E-state index contributed by atoms with van der Waals surface area (Å²) < 4.78 is 0. The summed E-state index contributed by atoms with van der Waals surface area (Å²) >= 11 is 0. The third kappa shape index (κ3) is 1.27. The van der Waals surface area contributed by atoms with E-state index in [-0.39, 0.29) is 0 Å². The lowest BCUT2D eigenvalue weighted by Gasteiger charge is -2.23. The van der Waals surface area contributed by atoms with Crippen molar-refractivity contribution >= 4 is 0 Å². The second-order valence-electron chi connectivity index (χ2n) is 3.46. The Morgan fingerprint density at radius 1 is 1.58 bits per heavy atom. The molecular weight excluding hydrogens is 148 g/mol. The molecule has 1 aromatic heterocycles. The maximum Gasteiger partial charge on any atom is 0.0338 e. The van der Waals surface area contributed by atoms with E-state index in [1.54, 1.807) is 0 Å². The minimum Gasteiger partial charge on any atom is -0.365 e. The Hall–Kier alpha value is -0.760. The first-order chi connectivity index (χ1) is 5.92. The summed E-state index contributed by atoms with van der Waals surface area (Å²) in [6.45, 7) is 3.36. The fourth-order valence-electron chi connectivity index (χ4n) is 1.99. The molecule has 66 valence electrons. The van der Waals surface area contributed by atoms with Gasteiger partial charge >= 0.3 is 0 Å². The van der Waals surface area contributed by atoms with Crippen LogP contribution in [0, 0.1) is 0 Å². The number of aromatic nitrogens is 1. The fourth-order valence-corrected chi connectivity index (χ4v) is 1.99. The van der Waals surface area contributed by atoms with Gasteiger partial charge in [0, 0.05) is 30.9 Å². The van der Waals surface area contributed by atoms with Gasteiger partial charge < -0.3 is 10.3 Å². The summed E-state index contributed by atoms with van der Waals surface area (Å²) in [5, 5.41) is 3.54. The summed E-state index contributed by atoms with van der Waals surface area (Å²) in [7, 11) is 0. The molecule has 0 fully saturated rings. The maximum absolute atomic E-state index is 3.54. The normalized spacial score (nSPS) is 22.2. The van der Waals surface area contributed by atoms with Crippen molar-refractivity contribution in [2.75, 3.05) is 6.54 Å². The van der Waals surface area contributed by atoms with E-state index in [0.717, 1.165) is 13.0 Å². The zero-order chi connectivity index (χ0) is 8.39. The summed E-state index contributed by atoms with van der Waals surface area (Å²) in [5.41, 5.74) is 2.93. The fraction of sp³-hybridized carbons (Fsp3) is 0.600. The van der Waals surface area contributed by atoms with Gasteiger partial charge in [0.25, 0.3) is 0 Å². The molecule has 0 aromatic carbocycles. The molecule has 0 bridgehead atoms. The Labute approximate surface area is 73.4 Å². The topological polar surface area (TPSA) is 27.8 Å². The van der Waals surface area contributed by atoms with E-state index in [1.165, 1.54) is 24.1 Å². The first-order valence-electron chi connectivity index (χ1n) is 4.81. The van der Waals surface area contributed by atoms with E-state index in [4.69, 9.17) is 0 Å². The summed E-state index contributed by atoms with van der Waals surface area (Å²) in [6, 6.07) is 2.81. The highest BCUT2D eigenvalue weighted by Gasteiger charge is 2.18. The molecule has 1 aromatic rings. The quantitative estimate of drug-likeness (QED) is 0.687. The number of H-pyrrole nitrogens is 1. The SMILES string of the molecule is CCCC1NCCc2[nH]ccc21. The second kappa shape index (κ2) is 3.31. The molecule has 2 rings (SSSR count). The Morgan fingerprint density at radius 3 is 3.33 bits per heavy atom. The Balaban J connectivity index is 2.19. The van der Waals surface area contributed by atoms with Crippen LogP contribution in [0.5, 0.6) is 0 Å². The van der Waals surface area contributed by atoms with Crippen molar-refractivity contribution in [3.05, 3.63) is 23.5 Å². The van der Waals surface area contributed by atoms with Gasteiger partial charge in [-0.05, 0) is 18.1 Å². The number of fused-ring (bicyclic) bond motifs is 1. The van der Waals surface area contributed by atoms with Gasteiger partial charge in [0.1, 0.15) is 0 Å². The van der Waals surface area contributed by atoms with Gasteiger partial charge in [-0.1, -0.05) is 13.3 Å². The molecule has 2 N–H and O–H groups in total. The minimum atomic E-state index is 0.602. The largest absolute Gasteiger partial charge is 0.365 e. The van der Waals surface area contributed by atoms with Gasteiger partial charge in [0.15, 0.2) is 0 Å². The lowest BCUT2D eigenvalue weighted by atomic mass is 9.98. The predicted octanol–water partition coefficient (Wildman–Crippen LogP) is 2.00. The summed E-state index contributed by atoms with van der Waals surface area (Å²) in [6.07, 6.45) is 5.72. The van der Waals surface area contributed by atoms with Crippen LogP contribution in [0.25, 0.3) is 0 Å². The molecule has 1 unspecified atom stereocenters. The number of aromatic amines is 1. The number of rotatable bonds is 2. The molecule has 0 saturated carbocycles. The summed E-state index contributed by atoms with van der Waals surface area (Å²) in [5.74, 6) is 0. The standard InChI is InChI=1S/C10H16N2/c1-2-3-9-8-4-6-11-10(8)5-7-12-9/h4,6,9,11-12H,2-3,5,7H2,1H3. The first-order valence-corrected chi connectivity index (χ1v) is 4.81. The molecular formula is C10H16N2. The molecule has 0 amide bonds. The smallest absolute Gasteiger partial charge is 0.0338 e. The molecule has 0 saturated heterocycles. The molecule has 0 radical (unpaired) electrons. The van der Waals surface area contributed by atoms with E-state index in [0.29, 0.717) is 6.04 Å². The van der Waals surface area contributed by atoms with Crippen molar-refractivity contribution in [3.8, 4) is 0 Å². The van der Waals surface area contributed by atoms with Crippen LogP contribution >= 0.6 is 0 Å². The first kappa shape index (κ1) is 7.87. The average molecular weight is 164 g/mol. The van der Waals surface area contributed by atoms with E-state index < -0.39 is 0 Å². The van der Waals surface area contributed by atoms with Crippen LogP contribution in [0.2, 0.25) is 0 Å². The van der Waals surface area contributed by atoms with E-state index in [9.17, 15) is 0 Å². The van der Waals surface area contributed by atoms with Gasteiger partial charge in [-0.15, -0.1) is 0 Å². The number of hydrogen-bond acceptors (Lipinski definition) is 1. The molecule has 0 aliphatic carbocycles. The third-order valence-electron chi connectivity index (χ3n) is 2.59. The third-order valence-corrected chi connectivity index (χ3v) is 2.59. The summed E-state index contributed by atoms with van der Waals surface area (Å²) in [4.78, 5) is 3.31. The van der Waals surface area contributed by atoms with E-state index >= 15 is 0 Å². The van der Waals surface area contributed by atoms with Gasteiger partial charge in [0.2, 0.25) is 0 Å². The molecule has 12 heavy (non-hydrogen) atoms. The molecule has 0 spiro atoms. The zero-order valence-corrected chi connectivity index (χ0v) is 7.56. The predicted molar refractivity (Wildman–Crippen MR) is 50.1 cm³/mol. The van der Waals surface area contributed by atoms with Crippen molar-refractivity contribution in [2.45, 2.75) is 32.2 Å². The zero-order valence-electron chi connectivity index (χ0n) is 7.56. The lowest BCUT2D eigenvalue weighted by molar-refractivity contribution is 0.469. The molecule has 2 nitrogen and oxygen atoms in total. The Kier molecular flexibility index (Phi) is 2.17. The van der Waals surface area contributed by atoms with Crippen molar-refractivity contribution in [3.63, 3.8) is 0 Å². The monoisotopic (exact) mass is 164 g/mol. The highest BCUT2D eigenvalue weighted by molar-refractivity contribution is 5.26. The van der Waals surface area contributed by atoms with E-state index in [1.807, 2.05) is 0 Å². The molecule has 1 aliphatic rings. The maximum atomic E-state index is 3.54. The highest BCUT2D eigenvalue weighted by atomic mass is 14.9. The van der Waals surface area contributed by atoms with Crippen LogP contribution in [0.4, 0.5) is 0 Å². The van der Waals surface area contributed by atoms with Crippen LogP contribution in [-0.2, 0) is 6.42 Å². The average Bonchev–Trinajstić information content (AvgIpc) is 2.53. The molecule has 2 heterocycles. The number of nitrogens with one attached hydrogen (secondary N) is 2. The molecule has 2 heteroatoms. The van der Waals surface area contributed by atoms with Crippen LogP contribution in [0.15, 0.2) is 12.3 Å². The van der Waals surface area contributed by atoms with Crippen molar-refractivity contribution in [1.29, 1.82) is 0 Å². The molecule has 1 atom stereocenters. The molecule has 1 aliphatic heterocycles. The Bertz CT molecular complexity index is 252. The van der Waals surface area contributed by atoms with Gasteiger partial charge in [0.05, 0.1) is 0 Å². The van der Waals surface area contributed by atoms with Crippen molar-refractivity contribution in [1.82, 2.24) is 10.3 Å². The van der Waals surface area contributed by atoms with Gasteiger partial charge in [-0.25, -0.2) is 0 Å². The van der Waals surface area contributed by atoms with E-state index in [2.05, 4.69) is 29.5 Å². The Morgan fingerprint density at radius 2 is 2.50 bits per heavy atom.